The van der Waals surface area contributed by atoms with Crippen LogP contribution in [0.3, 0.4) is 0 Å². The van der Waals surface area contributed by atoms with E-state index in [4.69, 9.17) is 0 Å². The van der Waals surface area contributed by atoms with Crippen LogP contribution in [-0.4, -0.2) is 42.5 Å². The summed E-state index contributed by atoms with van der Waals surface area (Å²) >= 11 is 0. The van der Waals surface area contributed by atoms with E-state index in [0.717, 1.165) is 30.5 Å². The largest absolute Gasteiger partial charge is 0.337 e. The summed E-state index contributed by atoms with van der Waals surface area (Å²) in [4.78, 5) is 51.2. The molecule has 1 saturated heterocycles. The molecule has 2 aliphatic heterocycles. The Morgan fingerprint density at radius 3 is 2.79 bits per heavy atom. The molecule has 170 valence electrons. The predicted octanol–water partition coefficient (Wildman–Crippen LogP) is 2.39. The minimum absolute atomic E-state index is 0.111. The van der Waals surface area contributed by atoms with Crippen LogP contribution in [0.1, 0.15) is 35.2 Å². The first kappa shape index (κ1) is 21.0. The van der Waals surface area contributed by atoms with Crippen LogP contribution in [0, 0.1) is 5.92 Å². The van der Waals surface area contributed by atoms with Crippen molar-refractivity contribution >= 4 is 35.3 Å². The standard InChI is InChI=1S/C24H25N5O4/c30-20(29-12-10-15-5-1-2-9-19(15)29)16-6-3-8-18(13-16)26-22(32)25-14-17-7-4-11-24(17)21(31)27-23(33)28-24/h1-3,5-6,8-9,13,17H,4,7,10-12,14H2,(H2,25,26,32)(H2,27,28,31,33). The molecular formula is C24H25N5O4. The van der Waals surface area contributed by atoms with Gasteiger partial charge in [-0.3, -0.25) is 14.9 Å². The third-order valence-electron chi connectivity index (χ3n) is 6.80. The zero-order valence-electron chi connectivity index (χ0n) is 18.0. The summed E-state index contributed by atoms with van der Waals surface area (Å²) in [5.74, 6) is -0.621. The fourth-order valence-corrected chi connectivity index (χ4v) is 5.15. The summed E-state index contributed by atoms with van der Waals surface area (Å²) in [6.45, 7) is 0.881. The molecule has 9 heteroatoms. The van der Waals surface area contributed by atoms with Crippen LogP contribution in [0.5, 0.6) is 0 Å². The first-order valence-electron chi connectivity index (χ1n) is 11.1. The van der Waals surface area contributed by atoms with Crippen molar-refractivity contribution < 1.29 is 19.2 Å². The number of nitrogens with zero attached hydrogens (tertiary/aromatic N) is 1. The Morgan fingerprint density at radius 2 is 1.97 bits per heavy atom. The van der Waals surface area contributed by atoms with E-state index in [1.54, 1.807) is 29.2 Å². The number of fused-ring (bicyclic) bond motifs is 1. The van der Waals surface area contributed by atoms with E-state index in [2.05, 4.69) is 21.3 Å². The molecule has 1 spiro atoms. The van der Waals surface area contributed by atoms with Gasteiger partial charge in [-0.15, -0.1) is 0 Å². The van der Waals surface area contributed by atoms with E-state index in [0.29, 0.717) is 24.2 Å². The summed E-state index contributed by atoms with van der Waals surface area (Å²) < 4.78 is 0. The third-order valence-corrected chi connectivity index (χ3v) is 6.80. The third kappa shape index (κ3) is 3.79. The van der Waals surface area contributed by atoms with E-state index in [9.17, 15) is 19.2 Å². The van der Waals surface area contributed by atoms with Gasteiger partial charge in [-0.25, -0.2) is 9.59 Å². The van der Waals surface area contributed by atoms with Gasteiger partial charge in [0.25, 0.3) is 11.8 Å². The summed E-state index contributed by atoms with van der Waals surface area (Å²) in [6, 6.07) is 13.8. The van der Waals surface area contributed by atoms with Gasteiger partial charge in [0.15, 0.2) is 0 Å². The molecule has 2 heterocycles. The van der Waals surface area contributed by atoms with Crippen LogP contribution in [0.4, 0.5) is 21.0 Å². The first-order valence-corrected chi connectivity index (χ1v) is 11.1. The number of urea groups is 2. The smallest absolute Gasteiger partial charge is 0.322 e. The fraction of sp³-hybridized carbons (Fsp3) is 0.333. The Labute approximate surface area is 190 Å². The quantitative estimate of drug-likeness (QED) is 0.538. The molecule has 4 N–H and O–H groups in total. The zero-order valence-corrected chi connectivity index (χ0v) is 18.0. The van der Waals surface area contributed by atoms with Crippen LogP contribution in [0.2, 0.25) is 0 Å². The van der Waals surface area contributed by atoms with Gasteiger partial charge in [0.1, 0.15) is 5.54 Å². The van der Waals surface area contributed by atoms with Crippen molar-refractivity contribution in [3.8, 4) is 0 Å². The molecule has 6 amide bonds. The van der Waals surface area contributed by atoms with Crippen molar-refractivity contribution in [1.82, 2.24) is 16.0 Å². The van der Waals surface area contributed by atoms with Gasteiger partial charge in [-0.2, -0.15) is 0 Å². The molecule has 2 fully saturated rings. The molecule has 2 unspecified atom stereocenters. The second-order valence-corrected chi connectivity index (χ2v) is 8.72. The van der Waals surface area contributed by atoms with Gasteiger partial charge in [0.05, 0.1) is 0 Å². The van der Waals surface area contributed by atoms with Gasteiger partial charge in [-0.1, -0.05) is 30.7 Å². The van der Waals surface area contributed by atoms with Crippen molar-refractivity contribution in [3.05, 3.63) is 59.7 Å². The highest BCUT2D eigenvalue weighted by Gasteiger charge is 2.54. The summed E-state index contributed by atoms with van der Waals surface area (Å²) in [5, 5.41) is 10.6. The summed E-state index contributed by atoms with van der Waals surface area (Å²) in [6.07, 6.45) is 2.91. The molecule has 0 bridgehead atoms. The maximum absolute atomic E-state index is 13.1. The normalized spacial score (nSPS) is 23.3. The molecular weight excluding hydrogens is 422 g/mol. The molecule has 9 nitrogen and oxygen atoms in total. The molecule has 1 saturated carbocycles. The van der Waals surface area contributed by atoms with Crippen LogP contribution in [-0.2, 0) is 11.2 Å². The number of benzene rings is 2. The second kappa shape index (κ2) is 8.23. The van der Waals surface area contributed by atoms with Crippen LogP contribution >= 0.6 is 0 Å². The van der Waals surface area contributed by atoms with E-state index in [1.165, 1.54) is 0 Å². The molecule has 2 aromatic carbocycles. The van der Waals surface area contributed by atoms with Gasteiger partial charge in [0, 0.05) is 35.9 Å². The number of carbonyl (C=O) groups excluding carboxylic acids is 4. The number of rotatable bonds is 4. The Bertz CT molecular complexity index is 1150. The molecule has 2 aromatic rings. The SMILES string of the molecule is O=C(NCC1CCCC12NC(=O)NC2=O)Nc1cccc(C(=O)N2CCc3ccccc32)c1. The minimum atomic E-state index is -0.942. The predicted molar refractivity (Wildman–Crippen MR) is 122 cm³/mol. The van der Waals surface area contributed by atoms with E-state index in [-0.39, 0.29) is 24.3 Å². The van der Waals surface area contributed by atoms with E-state index in [1.807, 2.05) is 24.3 Å². The molecule has 2 atom stereocenters. The monoisotopic (exact) mass is 447 g/mol. The van der Waals surface area contributed by atoms with Gasteiger partial charge >= 0.3 is 12.1 Å². The highest BCUT2D eigenvalue weighted by Crippen LogP contribution is 2.37. The Balaban J connectivity index is 1.21. The van der Waals surface area contributed by atoms with Gasteiger partial charge in [0.2, 0.25) is 0 Å². The lowest BCUT2D eigenvalue weighted by molar-refractivity contribution is -0.125. The van der Waals surface area contributed by atoms with Crippen LogP contribution in [0.25, 0.3) is 0 Å². The number of carbonyl (C=O) groups is 4. The number of anilines is 2. The van der Waals surface area contributed by atoms with E-state index >= 15 is 0 Å². The lowest BCUT2D eigenvalue weighted by Crippen LogP contribution is -2.53. The number of para-hydroxylation sites is 1. The maximum Gasteiger partial charge on any atom is 0.322 e. The summed E-state index contributed by atoms with van der Waals surface area (Å²) in [7, 11) is 0. The molecule has 33 heavy (non-hydrogen) atoms. The lowest BCUT2D eigenvalue weighted by Gasteiger charge is -2.28. The van der Waals surface area contributed by atoms with Crippen molar-refractivity contribution in [3.63, 3.8) is 0 Å². The van der Waals surface area contributed by atoms with Crippen LogP contribution in [0.15, 0.2) is 48.5 Å². The van der Waals surface area contributed by atoms with Gasteiger partial charge in [-0.05, 0) is 49.1 Å². The van der Waals surface area contributed by atoms with Crippen molar-refractivity contribution in [2.24, 2.45) is 5.92 Å². The molecule has 0 radical (unpaired) electrons. The second-order valence-electron chi connectivity index (χ2n) is 8.72. The van der Waals surface area contributed by atoms with Crippen molar-refractivity contribution in [2.75, 3.05) is 23.3 Å². The highest BCUT2D eigenvalue weighted by atomic mass is 16.2. The first-order chi connectivity index (χ1) is 16.0. The molecule has 0 aromatic heterocycles. The van der Waals surface area contributed by atoms with Crippen molar-refractivity contribution in [2.45, 2.75) is 31.2 Å². The molecule has 5 rings (SSSR count). The minimum Gasteiger partial charge on any atom is -0.337 e. The topological polar surface area (TPSA) is 120 Å². The summed E-state index contributed by atoms with van der Waals surface area (Å²) in [5.41, 5.74) is 2.12. The fourth-order valence-electron chi connectivity index (χ4n) is 5.15. The number of hydrogen-bond acceptors (Lipinski definition) is 4. The average molecular weight is 447 g/mol. The number of nitrogens with one attached hydrogen (secondary N) is 4. The number of hydrogen-bond donors (Lipinski definition) is 4. The van der Waals surface area contributed by atoms with Gasteiger partial charge < -0.3 is 20.9 Å². The Kier molecular flexibility index (Phi) is 5.24. The zero-order chi connectivity index (χ0) is 23.0. The number of amides is 6. The average Bonchev–Trinajstić information content (AvgIpc) is 3.49. The lowest BCUT2D eigenvalue weighted by atomic mass is 9.87. The van der Waals surface area contributed by atoms with E-state index < -0.39 is 17.6 Å². The van der Waals surface area contributed by atoms with Crippen molar-refractivity contribution in [1.29, 1.82) is 0 Å². The maximum atomic E-state index is 13.1. The highest BCUT2D eigenvalue weighted by molar-refractivity contribution is 6.08. The molecule has 3 aliphatic rings. The van der Waals surface area contributed by atoms with Crippen LogP contribution < -0.4 is 26.2 Å². The Morgan fingerprint density at radius 1 is 1.12 bits per heavy atom. The molecule has 1 aliphatic carbocycles. The Hall–Kier alpha value is -3.88. The number of imide groups is 1.